The van der Waals surface area contributed by atoms with Crippen molar-refractivity contribution in [1.29, 1.82) is 0 Å². The average molecular weight is 374 g/mol. The third kappa shape index (κ3) is 3.45. The molecule has 0 aliphatic rings. The van der Waals surface area contributed by atoms with Gasteiger partial charge in [-0.3, -0.25) is 4.98 Å². The molecule has 116 valence electrons. The maximum Gasteiger partial charge on any atom is 0.340 e. The van der Waals surface area contributed by atoms with E-state index in [1.807, 2.05) is 12.1 Å². The second-order valence-electron chi connectivity index (χ2n) is 4.73. The smallest absolute Gasteiger partial charge is 0.340 e. The van der Waals surface area contributed by atoms with Crippen molar-refractivity contribution in [3.05, 3.63) is 64.7 Å². The van der Waals surface area contributed by atoms with E-state index in [0.29, 0.717) is 15.9 Å². The number of carbonyl (C=O) groups excluding carboxylic acids is 1. The van der Waals surface area contributed by atoms with E-state index in [2.05, 4.69) is 31.1 Å². The molecule has 0 saturated carbocycles. The lowest BCUT2D eigenvalue weighted by atomic mass is 10.2. The SMILES string of the molecule is CC(OC(=O)c1ccccc1Br)c1nc(-c2cccnc2)no1. The van der Waals surface area contributed by atoms with Gasteiger partial charge in [0.2, 0.25) is 5.82 Å². The highest BCUT2D eigenvalue weighted by Gasteiger charge is 2.21. The minimum Gasteiger partial charge on any atom is -0.449 e. The average Bonchev–Trinajstić information content (AvgIpc) is 3.06. The van der Waals surface area contributed by atoms with Crippen molar-refractivity contribution in [3.63, 3.8) is 0 Å². The van der Waals surface area contributed by atoms with Crippen molar-refractivity contribution in [1.82, 2.24) is 15.1 Å². The zero-order valence-corrected chi connectivity index (χ0v) is 13.7. The number of rotatable bonds is 4. The molecule has 23 heavy (non-hydrogen) atoms. The Bertz CT molecular complexity index is 820. The van der Waals surface area contributed by atoms with E-state index in [1.54, 1.807) is 43.6 Å². The first-order valence-electron chi connectivity index (χ1n) is 6.84. The lowest BCUT2D eigenvalue weighted by Gasteiger charge is -2.09. The number of esters is 1. The summed E-state index contributed by atoms with van der Waals surface area (Å²) in [6, 6.07) is 10.6. The molecule has 1 unspecified atom stereocenters. The number of benzene rings is 1. The Labute approximate surface area is 140 Å². The predicted molar refractivity (Wildman–Crippen MR) is 85.5 cm³/mol. The maximum absolute atomic E-state index is 12.2. The number of hydrogen-bond donors (Lipinski definition) is 0. The summed E-state index contributed by atoms with van der Waals surface area (Å²) in [5.74, 6) is 0.159. The lowest BCUT2D eigenvalue weighted by Crippen LogP contribution is -2.10. The molecular weight excluding hydrogens is 362 g/mol. The van der Waals surface area contributed by atoms with Gasteiger partial charge in [0.15, 0.2) is 6.10 Å². The molecule has 7 heteroatoms. The van der Waals surface area contributed by atoms with Crippen molar-refractivity contribution in [2.45, 2.75) is 13.0 Å². The molecule has 0 fully saturated rings. The van der Waals surface area contributed by atoms with E-state index >= 15 is 0 Å². The zero-order valence-electron chi connectivity index (χ0n) is 12.1. The van der Waals surface area contributed by atoms with E-state index < -0.39 is 12.1 Å². The molecule has 3 rings (SSSR count). The lowest BCUT2D eigenvalue weighted by molar-refractivity contribution is 0.0264. The number of pyridine rings is 1. The zero-order chi connectivity index (χ0) is 16.2. The Morgan fingerprint density at radius 3 is 2.83 bits per heavy atom. The highest BCUT2D eigenvalue weighted by atomic mass is 79.9. The Balaban J connectivity index is 1.74. The van der Waals surface area contributed by atoms with Crippen LogP contribution in [-0.4, -0.2) is 21.1 Å². The van der Waals surface area contributed by atoms with E-state index in [9.17, 15) is 4.79 Å². The van der Waals surface area contributed by atoms with Gasteiger partial charge in [0.1, 0.15) is 0 Å². The van der Waals surface area contributed by atoms with Crippen LogP contribution >= 0.6 is 15.9 Å². The van der Waals surface area contributed by atoms with Gasteiger partial charge in [-0.25, -0.2) is 4.79 Å². The molecule has 3 aromatic rings. The Hall–Kier alpha value is -2.54. The molecule has 0 aliphatic carbocycles. The summed E-state index contributed by atoms with van der Waals surface area (Å²) in [4.78, 5) is 20.4. The van der Waals surface area contributed by atoms with Crippen LogP contribution in [-0.2, 0) is 4.74 Å². The number of aromatic nitrogens is 3. The minimum atomic E-state index is -0.660. The standard InChI is InChI=1S/C16H12BrN3O3/c1-10(22-16(21)12-6-2-3-7-13(12)17)15-19-14(20-23-15)11-5-4-8-18-9-11/h2-10H,1H3. The molecule has 0 saturated heterocycles. The van der Waals surface area contributed by atoms with Crippen LogP contribution in [0, 0.1) is 0 Å². The second-order valence-corrected chi connectivity index (χ2v) is 5.58. The van der Waals surface area contributed by atoms with Gasteiger partial charge in [-0.15, -0.1) is 0 Å². The van der Waals surface area contributed by atoms with Crippen LogP contribution in [0.1, 0.15) is 29.3 Å². The number of hydrogen-bond acceptors (Lipinski definition) is 6. The van der Waals surface area contributed by atoms with Gasteiger partial charge in [0.25, 0.3) is 5.89 Å². The number of ether oxygens (including phenoxy) is 1. The molecule has 1 atom stereocenters. The fourth-order valence-electron chi connectivity index (χ4n) is 1.91. The number of halogens is 1. The van der Waals surface area contributed by atoms with E-state index in [4.69, 9.17) is 9.26 Å². The second kappa shape index (κ2) is 6.70. The highest BCUT2D eigenvalue weighted by Crippen LogP contribution is 2.23. The first kappa shape index (κ1) is 15.4. The first-order valence-corrected chi connectivity index (χ1v) is 7.64. The molecule has 0 bridgehead atoms. The number of nitrogens with zero attached hydrogens (tertiary/aromatic N) is 3. The van der Waals surface area contributed by atoms with Gasteiger partial charge in [0.05, 0.1) is 5.56 Å². The first-order chi connectivity index (χ1) is 11.1. The summed E-state index contributed by atoms with van der Waals surface area (Å²) in [6.07, 6.45) is 2.63. The molecule has 0 spiro atoms. The largest absolute Gasteiger partial charge is 0.449 e. The molecular formula is C16H12BrN3O3. The van der Waals surface area contributed by atoms with Crippen LogP contribution in [0.15, 0.2) is 57.8 Å². The van der Waals surface area contributed by atoms with Crippen molar-refractivity contribution in [2.75, 3.05) is 0 Å². The van der Waals surface area contributed by atoms with Crippen LogP contribution in [0.25, 0.3) is 11.4 Å². The summed E-state index contributed by atoms with van der Waals surface area (Å²) in [5.41, 5.74) is 1.16. The van der Waals surface area contributed by atoms with Gasteiger partial charge >= 0.3 is 5.97 Å². The molecule has 0 N–H and O–H groups in total. The van der Waals surface area contributed by atoms with Gasteiger partial charge in [-0.1, -0.05) is 17.3 Å². The van der Waals surface area contributed by atoms with Crippen LogP contribution in [0.2, 0.25) is 0 Å². The molecule has 0 amide bonds. The van der Waals surface area contributed by atoms with Crippen molar-refractivity contribution >= 4 is 21.9 Å². The summed E-state index contributed by atoms with van der Waals surface area (Å²) in [6.45, 7) is 1.68. The summed E-state index contributed by atoms with van der Waals surface area (Å²) >= 11 is 3.32. The van der Waals surface area contributed by atoms with Crippen LogP contribution < -0.4 is 0 Å². The van der Waals surface area contributed by atoms with Crippen LogP contribution in [0.5, 0.6) is 0 Å². The fourth-order valence-corrected chi connectivity index (χ4v) is 2.36. The van der Waals surface area contributed by atoms with Gasteiger partial charge in [0, 0.05) is 22.4 Å². The van der Waals surface area contributed by atoms with Crippen molar-refractivity contribution in [2.24, 2.45) is 0 Å². The molecule has 0 radical (unpaired) electrons. The summed E-state index contributed by atoms with van der Waals surface area (Å²) in [7, 11) is 0. The van der Waals surface area contributed by atoms with Crippen LogP contribution in [0.3, 0.4) is 0 Å². The van der Waals surface area contributed by atoms with Crippen LogP contribution in [0.4, 0.5) is 0 Å². The normalized spacial score (nSPS) is 11.9. The number of carbonyl (C=O) groups is 1. The summed E-state index contributed by atoms with van der Waals surface area (Å²) < 4.78 is 11.2. The van der Waals surface area contributed by atoms with E-state index in [-0.39, 0.29) is 5.89 Å². The Morgan fingerprint density at radius 1 is 1.26 bits per heavy atom. The molecule has 2 heterocycles. The van der Waals surface area contributed by atoms with E-state index in [0.717, 1.165) is 5.56 Å². The highest BCUT2D eigenvalue weighted by molar-refractivity contribution is 9.10. The third-order valence-electron chi connectivity index (χ3n) is 3.09. The summed E-state index contributed by atoms with van der Waals surface area (Å²) in [5, 5.41) is 3.88. The molecule has 6 nitrogen and oxygen atoms in total. The maximum atomic E-state index is 12.2. The topological polar surface area (TPSA) is 78.1 Å². The monoisotopic (exact) mass is 373 g/mol. The Morgan fingerprint density at radius 2 is 2.09 bits per heavy atom. The van der Waals surface area contributed by atoms with Gasteiger partial charge < -0.3 is 9.26 Å². The fraction of sp³-hybridized carbons (Fsp3) is 0.125. The molecule has 0 aliphatic heterocycles. The van der Waals surface area contributed by atoms with E-state index in [1.165, 1.54) is 0 Å². The third-order valence-corrected chi connectivity index (χ3v) is 3.78. The van der Waals surface area contributed by atoms with Crippen molar-refractivity contribution in [3.8, 4) is 11.4 Å². The molecule has 1 aromatic carbocycles. The molecule has 2 aromatic heterocycles. The quantitative estimate of drug-likeness (QED) is 0.647. The minimum absolute atomic E-state index is 0.226. The van der Waals surface area contributed by atoms with Gasteiger partial charge in [-0.2, -0.15) is 4.98 Å². The predicted octanol–water partition coefficient (Wildman–Crippen LogP) is 3.81. The Kier molecular flexibility index (Phi) is 4.47. The van der Waals surface area contributed by atoms with Gasteiger partial charge in [-0.05, 0) is 47.1 Å². The van der Waals surface area contributed by atoms with Crippen molar-refractivity contribution < 1.29 is 14.1 Å².